The molecule has 1 saturated carbocycles. The maximum absolute atomic E-state index is 12.3. The van der Waals surface area contributed by atoms with Crippen LogP contribution in [0.25, 0.3) is 0 Å². The number of hydrazine groups is 1. The van der Waals surface area contributed by atoms with E-state index in [1.54, 1.807) is 5.43 Å². The van der Waals surface area contributed by atoms with Crippen molar-refractivity contribution in [1.82, 2.24) is 15.8 Å². The van der Waals surface area contributed by atoms with Gasteiger partial charge in [0.1, 0.15) is 0 Å². The van der Waals surface area contributed by atoms with Crippen molar-refractivity contribution >= 4 is 17.7 Å². The zero-order valence-electron chi connectivity index (χ0n) is 13.5. The number of amides is 3. The highest BCUT2D eigenvalue weighted by Crippen LogP contribution is 2.47. The number of rotatable bonds is 2. The van der Waals surface area contributed by atoms with Crippen LogP contribution in [-0.2, 0) is 14.4 Å². The van der Waals surface area contributed by atoms with Crippen LogP contribution in [0.4, 0.5) is 26.3 Å². The second-order valence-electron chi connectivity index (χ2n) is 6.81. The first kappa shape index (κ1) is 20.3. The molecule has 1 spiro atoms. The quantitative estimate of drug-likeness (QED) is 0.557. The number of halogens is 6. The third-order valence-corrected chi connectivity index (χ3v) is 4.80. The molecule has 12 heteroatoms. The zero-order valence-corrected chi connectivity index (χ0v) is 13.5. The fraction of sp³-hybridized carbons (Fsp3) is 0.786. The number of nitrogens with zero attached hydrogens (tertiary/aromatic N) is 1. The molecule has 26 heavy (non-hydrogen) atoms. The van der Waals surface area contributed by atoms with Gasteiger partial charge in [0.25, 0.3) is 0 Å². The van der Waals surface area contributed by atoms with Gasteiger partial charge in [-0.25, -0.2) is 0 Å². The molecule has 0 aromatic carbocycles. The molecule has 1 heterocycles. The molecule has 0 radical (unpaired) electrons. The molecule has 2 fully saturated rings. The normalized spacial score (nSPS) is 20.5. The summed E-state index contributed by atoms with van der Waals surface area (Å²) in [6.45, 7) is 0.0395. The highest BCUT2D eigenvalue weighted by molar-refractivity contribution is 5.85. The van der Waals surface area contributed by atoms with Gasteiger partial charge in [-0.15, -0.1) is 0 Å². The van der Waals surface area contributed by atoms with Crippen LogP contribution in [0.3, 0.4) is 0 Å². The van der Waals surface area contributed by atoms with Crippen LogP contribution < -0.4 is 10.9 Å². The van der Waals surface area contributed by atoms with E-state index in [2.05, 4.69) is 0 Å². The summed E-state index contributed by atoms with van der Waals surface area (Å²) >= 11 is 0. The van der Waals surface area contributed by atoms with Crippen molar-refractivity contribution in [2.75, 3.05) is 13.1 Å². The van der Waals surface area contributed by atoms with Gasteiger partial charge in [0.2, 0.25) is 5.91 Å². The van der Waals surface area contributed by atoms with E-state index in [-0.39, 0.29) is 30.8 Å². The first-order valence-electron chi connectivity index (χ1n) is 7.84. The largest absolute Gasteiger partial charge is 0.472 e. The summed E-state index contributed by atoms with van der Waals surface area (Å²) < 4.78 is 73.0. The lowest BCUT2D eigenvalue weighted by Gasteiger charge is -2.53. The lowest BCUT2D eigenvalue weighted by atomic mass is 9.65. The SMILES string of the molecule is O=C(CC1CCC2(CC1)CN(C(=O)C(F)(F)F)C2)NNC(=O)C(F)(F)F. The molecule has 2 rings (SSSR count). The number of carbonyl (C=O) groups excluding carboxylic acids is 3. The maximum atomic E-state index is 12.3. The zero-order chi connectivity index (χ0) is 19.8. The molecule has 1 aliphatic carbocycles. The predicted molar refractivity (Wildman–Crippen MR) is 74.0 cm³/mol. The Morgan fingerprint density at radius 2 is 1.46 bits per heavy atom. The Kier molecular flexibility index (Phi) is 5.43. The van der Waals surface area contributed by atoms with Crippen LogP contribution in [0, 0.1) is 11.3 Å². The monoisotopic (exact) mass is 389 g/mol. The molecular formula is C14H17F6N3O3. The minimum absolute atomic E-state index is 0.0197. The van der Waals surface area contributed by atoms with Gasteiger partial charge < -0.3 is 4.90 Å². The molecule has 2 N–H and O–H groups in total. The molecule has 0 bridgehead atoms. The highest BCUT2D eigenvalue weighted by atomic mass is 19.4. The van der Waals surface area contributed by atoms with Crippen molar-refractivity contribution in [2.24, 2.45) is 11.3 Å². The van der Waals surface area contributed by atoms with E-state index in [4.69, 9.17) is 0 Å². The molecule has 0 aromatic heterocycles. The van der Waals surface area contributed by atoms with E-state index in [1.807, 2.05) is 0 Å². The van der Waals surface area contributed by atoms with E-state index in [0.29, 0.717) is 25.7 Å². The summed E-state index contributed by atoms with van der Waals surface area (Å²) in [5.41, 5.74) is 2.58. The first-order valence-corrected chi connectivity index (χ1v) is 7.84. The van der Waals surface area contributed by atoms with Gasteiger partial charge in [-0.2, -0.15) is 26.3 Å². The van der Waals surface area contributed by atoms with Crippen LogP contribution >= 0.6 is 0 Å². The summed E-state index contributed by atoms with van der Waals surface area (Å²) in [5, 5.41) is 0. The fourth-order valence-electron chi connectivity index (χ4n) is 3.41. The molecule has 148 valence electrons. The average molecular weight is 389 g/mol. The van der Waals surface area contributed by atoms with Gasteiger partial charge in [-0.3, -0.25) is 25.2 Å². The summed E-state index contributed by atoms with van der Waals surface area (Å²) in [5.74, 6) is -5.05. The fourth-order valence-corrected chi connectivity index (χ4v) is 3.41. The van der Waals surface area contributed by atoms with Crippen LogP contribution in [0.5, 0.6) is 0 Å². The Morgan fingerprint density at radius 1 is 0.923 bits per heavy atom. The first-order chi connectivity index (χ1) is 11.8. The van der Waals surface area contributed by atoms with Crippen LogP contribution in [0.1, 0.15) is 32.1 Å². The van der Waals surface area contributed by atoms with Gasteiger partial charge in [0.05, 0.1) is 0 Å². The van der Waals surface area contributed by atoms with Crippen LogP contribution in [-0.4, -0.2) is 48.1 Å². The highest BCUT2D eigenvalue weighted by Gasteiger charge is 2.53. The van der Waals surface area contributed by atoms with Crippen LogP contribution in [0.2, 0.25) is 0 Å². The second-order valence-corrected chi connectivity index (χ2v) is 6.81. The summed E-state index contributed by atoms with van der Waals surface area (Å²) in [6, 6.07) is 0. The van der Waals surface area contributed by atoms with E-state index in [1.165, 1.54) is 5.43 Å². The lowest BCUT2D eigenvalue weighted by molar-refractivity contribution is -0.198. The lowest BCUT2D eigenvalue weighted by Crippen LogP contribution is -2.62. The van der Waals surface area contributed by atoms with Crippen molar-refractivity contribution in [2.45, 2.75) is 44.5 Å². The number of hydrogen-bond donors (Lipinski definition) is 2. The molecule has 0 aromatic rings. The molecule has 1 aliphatic heterocycles. The van der Waals surface area contributed by atoms with E-state index in [9.17, 15) is 40.7 Å². The van der Waals surface area contributed by atoms with Gasteiger partial charge >= 0.3 is 24.2 Å². The number of nitrogens with one attached hydrogen (secondary N) is 2. The average Bonchev–Trinajstić information content (AvgIpc) is 2.48. The van der Waals surface area contributed by atoms with Gasteiger partial charge in [-0.05, 0) is 31.6 Å². The number of alkyl halides is 6. The summed E-state index contributed by atoms with van der Waals surface area (Å²) in [7, 11) is 0. The molecule has 6 nitrogen and oxygen atoms in total. The third-order valence-electron chi connectivity index (χ3n) is 4.80. The van der Waals surface area contributed by atoms with E-state index in [0.717, 1.165) is 4.90 Å². The minimum Gasteiger partial charge on any atom is -0.334 e. The maximum Gasteiger partial charge on any atom is 0.472 e. The minimum atomic E-state index is -5.10. The van der Waals surface area contributed by atoms with E-state index < -0.39 is 30.1 Å². The molecule has 3 amide bonds. The van der Waals surface area contributed by atoms with Crippen molar-refractivity contribution in [3.05, 3.63) is 0 Å². The number of carbonyl (C=O) groups is 3. The number of likely N-dealkylation sites (tertiary alicyclic amines) is 1. The second kappa shape index (κ2) is 6.95. The molecule has 0 unspecified atom stereocenters. The Labute approximate surface area is 144 Å². The topological polar surface area (TPSA) is 78.5 Å². The Morgan fingerprint density at radius 3 is 1.92 bits per heavy atom. The van der Waals surface area contributed by atoms with Crippen molar-refractivity contribution in [1.29, 1.82) is 0 Å². The third kappa shape index (κ3) is 4.79. The van der Waals surface area contributed by atoms with Crippen LogP contribution in [0.15, 0.2) is 0 Å². The van der Waals surface area contributed by atoms with E-state index >= 15 is 0 Å². The molecule has 1 saturated heterocycles. The van der Waals surface area contributed by atoms with Gasteiger partial charge in [-0.1, -0.05) is 0 Å². The standard InChI is InChI=1S/C14H17F6N3O3/c15-13(16,17)10(25)22-21-9(24)5-8-1-3-12(4-2-8)6-23(7-12)11(26)14(18,19)20/h8H,1-7H2,(H,21,24)(H,22,25). The molecular weight excluding hydrogens is 372 g/mol. The Balaban J connectivity index is 1.70. The van der Waals surface area contributed by atoms with Gasteiger partial charge in [0.15, 0.2) is 0 Å². The van der Waals surface area contributed by atoms with Crippen molar-refractivity contribution < 1.29 is 40.7 Å². The number of hydrogen-bond acceptors (Lipinski definition) is 3. The summed E-state index contributed by atoms with van der Waals surface area (Å²) in [4.78, 5) is 34.0. The smallest absolute Gasteiger partial charge is 0.334 e. The van der Waals surface area contributed by atoms with Crippen molar-refractivity contribution in [3.63, 3.8) is 0 Å². The predicted octanol–water partition coefficient (Wildman–Crippen LogP) is 1.67. The van der Waals surface area contributed by atoms with Gasteiger partial charge in [0, 0.05) is 24.9 Å². The summed E-state index contributed by atoms with van der Waals surface area (Å²) in [6.07, 6.45) is -8.02. The van der Waals surface area contributed by atoms with Crippen molar-refractivity contribution in [3.8, 4) is 0 Å². The molecule has 0 atom stereocenters. The Bertz CT molecular complexity index is 573. The molecule has 2 aliphatic rings. The Hall–Kier alpha value is -2.01.